The number of nitrogens with zero attached hydrogens (tertiary/aromatic N) is 1. The minimum Gasteiger partial charge on any atom is -0.349 e. The molecule has 0 saturated carbocycles. The molecular weight excluding hydrogens is 459 g/mol. The molecule has 2 aromatic rings. The third kappa shape index (κ3) is 5.75. The van der Waals surface area contributed by atoms with Crippen molar-refractivity contribution in [1.29, 1.82) is 0 Å². The summed E-state index contributed by atoms with van der Waals surface area (Å²) in [5, 5.41) is 5.61. The van der Waals surface area contributed by atoms with Crippen molar-refractivity contribution >= 4 is 39.0 Å². The van der Waals surface area contributed by atoms with Gasteiger partial charge in [0.15, 0.2) is 0 Å². The molecule has 2 atom stereocenters. The van der Waals surface area contributed by atoms with Crippen LogP contribution in [0.25, 0.3) is 0 Å². The topological polar surface area (TPSA) is 134 Å². The number of sulfonamides is 1. The van der Waals surface area contributed by atoms with E-state index in [9.17, 15) is 27.2 Å². The Kier molecular flexibility index (Phi) is 7.36. The van der Waals surface area contributed by atoms with Gasteiger partial charge in [0.1, 0.15) is 17.9 Å². The first-order valence-electron chi connectivity index (χ1n) is 9.90. The molecule has 1 aliphatic rings. The molecule has 0 aliphatic carbocycles. The molecule has 0 spiro atoms. The Morgan fingerprint density at radius 3 is 2.59 bits per heavy atom. The SMILES string of the molecule is CC(C)C(NS(=O)(=O)c1ccc(F)cc1)C(=O)NC1Cc2ncc(s2)CCNC(=O)C1=O. The van der Waals surface area contributed by atoms with Crippen molar-refractivity contribution in [2.45, 2.75) is 43.7 Å². The highest BCUT2D eigenvalue weighted by Crippen LogP contribution is 2.17. The van der Waals surface area contributed by atoms with E-state index in [1.165, 1.54) is 11.3 Å². The van der Waals surface area contributed by atoms with Gasteiger partial charge in [0, 0.05) is 30.5 Å². The second-order valence-corrected chi connectivity index (χ2v) is 10.6. The fraction of sp³-hybridized carbons (Fsp3) is 0.400. The molecule has 2 unspecified atom stereocenters. The number of halogens is 1. The zero-order chi connectivity index (χ0) is 23.5. The van der Waals surface area contributed by atoms with Gasteiger partial charge in [0.05, 0.1) is 9.90 Å². The molecule has 0 saturated heterocycles. The molecular formula is C20H23FN4O5S2. The number of amides is 2. The predicted octanol–water partition coefficient (Wildman–Crippen LogP) is 0.554. The molecule has 2 bridgehead atoms. The largest absolute Gasteiger partial charge is 0.349 e. The zero-order valence-corrected chi connectivity index (χ0v) is 19.1. The van der Waals surface area contributed by atoms with Crippen LogP contribution in [0.2, 0.25) is 0 Å². The van der Waals surface area contributed by atoms with E-state index in [2.05, 4.69) is 20.3 Å². The van der Waals surface area contributed by atoms with Gasteiger partial charge in [-0.25, -0.2) is 17.8 Å². The highest BCUT2D eigenvalue weighted by Gasteiger charge is 2.34. The van der Waals surface area contributed by atoms with Gasteiger partial charge in [-0.2, -0.15) is 4.72 Å². The Morgan fingerprint density at radius 2 is 1.94 bits per heavy atom. The van der Waals surface area contributed by atoms with E-state index >= 15 is 0 Å². The number of aromatic nitrogens is 1. The molecule has 2 amide bonds. The first kappa shape index (κ1) is 24.0. The van der Waals surface area contributed by atoms with E-state index in [0.29, 0.717) is 11.4 Å². The quantitative estimate of drug-likeness (QED) is 0.515. The molecule has 1 aromatic heterocycles. The average Bonchev–Trinajstić information content (AvgIpc) is 3.17. The van der Waals surface area contributed by atoms with Crippen molar-refractivity contribution in [2.75, 3.05) is 6.54 Å². The number of thiazole rings is 1. The molecule has 0 radical (unpaired) electrons. The first-order valence-corrected chi connectivity index (χ1v) is 12.2. The molecule has 172 valence electrons. The van der Waals surface area contributed by atoms with Crippen LogP contribution in [0.4, 0.5) is 4.39 Å². The molecule has 9 nitrogen and oxygen atoms in total. The summed E-state index contributed by atoms with van der Waals surface area (Å²) in [6, 6.07) is 1.74. The van der Waals surface area contributed by atoms with E-state index in [4.69, 9.17) is 0 Å². The summed E-state index contributed by atoms with van der Waals surface area (Å²) in [6.45, 7) is 3.53. The summed E-state index contributed by atoms with van der Waals surface area (Å²) in [4.78, 5) is 42.8. The second-order valence-electron chi connectivity index (χ2n) is 7.65. The highest BCUT2D eigenvalue weighted by atomic mass is 32.2. The number of nitrogens with one attached hydrogen (secondary N) is 3. The maximum absolute atomic E-state index is 13.1. The molecule has 2 heterocycles. The molecule has 3 rings (SSSR count). The van der Waals surface area contributed by atoms with Gasteiger partial charge in [-0.1, -0.05) is 13.8 Å². The number of fused-ring (bicyclic) bond motifs is 2. The minimum atomic E-state index is -4.14. The van der Waals surface area contributed by atoms with Gasteiger partial charge in [-0.3, -0.25) is 14.4 Å². The third-order valence-electron chi connectivity index (χ3n) is 4.85. The van der Waals surface area contributed by atoms with Crippen LogP contribution in [-0.2, 0) is 37.2 Å². The van der Waals surface area contributed by atoms with Gasteiger partial charge < -0.3 is 10.6 Å². The monoisotopic (exact) mass is 482 g/mol. The van der Waals surface area contributed by atoms with Gasteiger partial charge in [-0.05, 0) is 30.2 Å². The van der Waals surface area contributed by atoms with Crippen molar-refractivity contribution in [2.24, 2.45) is 5.92 Å². The number of ketones is 1. The van der Waals surface area contributed by atoms with Crippen molar-refractivity contribution < 1.29 is 27.2 Å². The van der Waals surface area contributed by atoms with Crippen LogP contribution >= 0.6 is 11.3 Å². The smallest absolute Gasteiger partial charge is 0.289 e. The molecule has 1 aromatic carbocycles. The fourth-order valence-corrected chi connectivity index (χ4v) is 5.40. The second kappa shape index (κ2) is 9.84. The van der Waals surface area contributed by atoms with Crippen LogP contribution < -0.4 is 15.4 Å². The zero-order valence-electron chi connectivity index (χ0n) is 17.4. The van der Waals surface area contributed by atoms with Gasteiger partial charge in [0.2, 0.25) is 21.7 Å². The lowest BCUT2D eigenvalue weighted by Gasteiger charge is -2.24. The third-order valence-corrected chi connectivity index (χ3v) is 7.39. The van der Waals surface area contributed by atoms with Crippen LogP contribution in [0.5, 0.6) is 0 Å². The van der Waals surface area contributed by atoms with E-state index in [1.54, 1.807) is 20.0 Å². The number of hydrogen-bond donors (Lipinski definition) is 3. The van der Waals surface area contributed by atoms with Gasteiger partial charge >= 0.3 is 0 Å². The molecule has 12 heteroatoms. The number of hydrogen-bond acceptors (Lipinski definition) is 7. The summed E-state index contributed by atoms with van der Waals surface area (Å²) < 4.78 is 40.8. The Morgan fingerprint density at radius 1 is 1.25 bits per heavy atom. The van der Waals surface area contributed by atoms with E-state index < -0.39 is 51.4 Å². The van der Waals surface area contributed by atoms with Crippen molar-refractivity contribution in [3.05, 3.63) is 46.2 Å². The fourth-order valence-electron chi connectivity index (χ4n) is 3.09. The Bertz CT molecular complexity index is 1120. The van der Waals surface area contributed by atoms with Crippen molar-refractivity contribution in [3.63, 3.8) is 0 Å². The minimum absolute atomic E-state index is 0.0121. The van der Waals surface area contributed by atoms with Crippen molar-refractivity contribution in [1.82, 2.24) is 20.3 Å². The Hall–Kier alpha value is -2.70. The number of benzene rings is 1. The number of carbonyl (C=O) groups excluding carboxylic acids is 3. The summed E-state index contributed by atoms with van der Waals surface area (Å²) in [5.74, 6) is -3.50. The van der Waals surface area contributed by atoms with Crippen LogP contribution in [0.1, 0.15) is 23.7 Å². The van der Waals surface area contributed by atoms with Gasteiger partial charge in [-0.15, -0.1) is 11.3 Å². The Labute approximate surface area is 188 Å². The lowest BCUT2D eigenvalue weighted by Crippen LogP contribution is -2.56. The number of carbonyl (C=O) groups is 3. The van der Waals surface area contributed by atoms with Crippen LogP contribution in [0.3, 0.4) is 0 Å². The number of rotatable bonds is 6. The molecule has 1 aliphatic heterocycles. The van der Waals surface area contributed by atoms with E-state index in [0.717, 1.165) is 29.1 Å². The molecule has 0 fully saturated rings. The predicted molar refractivity (Wildman–Crippen MR) is 115 cm³/mol. The maximum Gasteiger partial charge on any atom is 0.289 e. The van der Waals surface area contributed by atoms with E-state index in [-0.39, 0.29) is 17.9 Å². The first-order chi connectivity index (χ1) is 15.1. The van der Waals surface area contributed by atoms with Crippen LogP contribution in [-0.4, -0.2) is 49.6 Å². The van der Waals surface area contributed by atoms with Crippen LogP contribution in [0, 0.1) is 11.7 Å². The van der Waals surface area contributed by atoms with Gasteiger partial charge in [0.25, 0.3) is 5.91 Å². The normalized spacial score (nSPS) is 18.2. The summed E-state index contributed by atoms with van der Waals surface area (Å²) in [7, 11) is -4.14. The molecule has 3 N–H and O–H groups in total. The molecule has 32 heavy (non-hydrogen) atoms. The van der Waals surface area contributed by atoms with E-state index in [1.807, 2.05) is 0 Å². The summed E-state index contributed by atoms with van der Waals surface area (Å²) in [5.41, 5.74) is 0. The van der Waals surface area contributed by atoms with Crippen LogP contribution in [0.15, 0.2) is 35.4 Å². The standard InChI is InChI=1S/C20H23FN4O5S2/c1-11(2)17(25-32(29,30)14-5-3-12(21)4-6-14)19(27)24-15-9-16-23-10-13(31-16)7-8-22-20(28)18(15)26/h3-6,10-11,15,17,25H,7-9H2,1-2H3,(H,22,28)(H,24,27). The van der Waals surface area contributed by atoms with Crippen molar-refractivity contribution in [3.8, 4) is 0 Å². The summed E-state index contributed by atoms with van der Waals surface area (Å²) in [6.07, 6.45) is 2.22. The maximum atomic E-state index is 13.1. The lowest BCUT2D eigenvalue weighted by atomic mass is 10.0. The lowest BCUT2D eigenvalue weighted by molar-refractivity contribution is -0.140. The average molecular weight is 483 g/mol. The summed E-state index contributed by atoms with van der Waals surface area (Å²) >= 11 is 1.38. The number of Topliss-reactive ketones (excluding diaryl/α,β-unsaturated/α-hetero) is 1. The highest BCUT2D eigenvalue weighted by molar-refractivity contribution is 7.89. The Balaban J connectivity index is 1.81.